The molecule has 0 saturated carbocycles. The number of nitriles is 1. The number of piperidine rings is 1. The van der Waals surface area contributed by atoms with Gasteiger partial charge < -0.3 is 15.0 Å². The molecular formula is C32H33N7O3. The van der Waals surface area contributed by atoms with E-state index in [1.165, 1.54) is 0 Å². The summed E-state index contributed by atoms with van der Waals surface area (Å²) >= 11 is 0. The molecule has 0 unspecified atom stereocenters. The monoisotopic (exact) mass is 563 g/mol. The van der Waals surface area contributed by atoms with Gasteiger partial charge in [0, 0.05) is 43.0 Å². The van der Waals surface area contributed by atoms with E-state index in [9.17, 15) is 9.59 Å². The molecule has 214 valence electrons. The van der Waals surface area contributed by atoms with Crippen LogP contribution in [0.15, 0.2) is 73.2 Å². The molecule has 10 nitrogen and oxygen atoms in total. The minimum absolute atomic E-state index is 0.0527. The van der Waals surface area contributed by atoms with Crippen LogP contribution >= 0.6 is 0 Å². The molecule has 5 rings (SSSR count). The molecule has 0 radical (unpaired) electrons. The molecule has 1 fully saturated rings. The van der Waals surface area contributed by atoms with Crippen LogP contribution in [0.3, 0.4) is 0 Å². The number of hydrogen-bond acceptors (Lipinski definition) is 8. The molecule has 1 aliphatic rings. The van der Waals surface area contributed by atoms with E-state index in [1.54, 1.807) is 36.4 Å². The molecule has 2 aromatic carbocycles. The molecule has 4 aromatic rings. The maximum absolute atomic E-state index is 12.5. The predicted molar refractivity (Wildman–Crippen MR) is 158 cm³/mol. The van der Waals surface area contributed by atoms with Crippen molar-refractivity contribution in [2.45, 2.75) is 45.8 Å². The molecular weight excluding hydrogens is 530 g/mol. The number of nitrogens with one attached hydrogen (secondary N) is 1. The fourth-order valence-electron chi connectivity index (χ4n) is 4.91. The summed E-state index contributed by atoms with van der Waals surface area (Å²) in [4.78, 5) is 35.8. The van der Waals surface area contributed by atoms with Crippen molar-refractivity contribution in [3.8, 4) is 17.3 Å². The van der Waals surface area contributed by atoms with Crippen molar-refractivity contribution >= 4 is 23.5 Å². The zero-order valence-electron chi connectivity index (χ0n) is 23.7. The van der Waals surface area contributed by atoms with E-state index in [0.717, 1.165) is 40.9 Å². The first kappa shape index (κ1) is 28.5. The quantitative estimate of drug-likeness (QED) is 0.242. The lowest BCUT2D eigenvalue weighted by molar-refractivity contribution is 0.0821. The van der Waals surface area contributed by atoms with Crippen molar-refractivity contribution in [3.05, 3.63) is 89.9 Å². The van der Waals surface area contributed by atoms with Gasteiger partial charge in [-0.05, 0) is 37.8 Å². The fraction of sp³-hybridized carbons (Fsp3) is 0.312. The largest absolute Gasteiger partial charge is 0.445 e. The van der Waals surface area contributed by atoms with Crippen LogP contribution in [0.4, 0.5) is 16.4 Å². The predicted octanol–water partition coefficient (Wildman–Crippen LogP) is 6.10. The Morgan fingerprint density at radius 3 is 2.55 bits per heavy atom. The molecule has 1 saturated heterocycles. The van der Waals surface area contributed by atoms with Gasteiger partial charge in [0.2, 0.25) is 5.95 Å². The lowest BCUT2D eigenvalue weighted by atomic mass is 9.99. The molecule has 1 aliphatic heterocycles. The SMILES string of the molecule is Cc1cnc(Nc2cnn(C3CCN(C(=O)OCc4ccccc4)CC3)c2)nc1-c1ccc(C(=O)C[C@@H](C)C#N)cc1. The minimum Gasteiger partial charge on any atom is -0.445 e. The molecule has 42 heavy (non-hydrogen) atoms. The van der Waals surface area contributed by atoms with Gasteiger partial charge in [0.05, 0.1) is 35.6 Å². The van der Waals surface area contributed by atoms with Crippen LogP contribution in [0, 0.1) is 24.2 Å². The van der Waals surface area contributed by atoms with Crippen LogP contribution in [0.5, 0.6) is 0 Å². The van der Waals surface area contributed by atoms with Crippen molar-refractivity contribution in [1.82, 2.24) is 24.6 Å². The van der Waals surface area contributed by atoms with Gasteiger partial charge in [0.25, 0.3) is 0 Å². The number of anilines is 2. The number of aromatic nitrogens is 4. The average Bonchev–Trinajstić information content (AvgIpc) is 3.49. The number of aryl methyl sites for hydroxylation is 1. The molecule has 1 atom stereocenters. The molecule has 1 amide bonds. The lowest BCUT2D eigenvalue weighted by Crippen LogP contribution is -2.39. The maximum Gasteiger partial charge on any atom is 0.410 e. The second-order valence-electron chi connectivity index (χ2n) is 10.6. The standard InChI is InChI=1S/C32H33N7O3/c1-22(17-33)16-29(40)25-8-10-26(11-9-25)30-23(2)18-34-31(37-30)36-27-19-35-39(20-27)28-12-14-38(15-13-28)32(41)42-21-24-6-4-3-5-7-24/h3-11,18-20,22,28H,12-16,21H2,1-2H3,(H,34,36,37)/t22-/m1/s1. The first-order valence-corrected chi connectivity index (χ1v) is 14.0. The van der Waals surface area contributed by atoms with Crippen LogP contribution in [0.25, 0.3) is 11.3 Å². The topological polar surface area (TPSA) is 126 Å². The third kappa shape index (κ3) is 6.99. The highest BCUT2D eigenvalue weighted by atomic mass is 16.6. The smallest absolute Gasteiger partial charge is 0.410 e. The molecule has 0 spiro atoms. The summed E-state index contributed by atoms with van der Waals surface area (Å²) in [6.07, 6.45) is 6.90. The van der Waals surface area contributed by atoms with E-state index in [0.29, 0.717) is 24.6 Å². The summed E-state index contributed by atoms with van der Waals surface area (Å²) in [6, 6.07) is 19.2. The van der Waals surface area contributed by atoms with Gasteiger partial charge in [0.1, 0.15) is 6.61 Å². The summed E-state index contributed by atoms with van der Waals surface area (Å²) in [6.45, 7) is 5.16. The Morgan fingerprint density at radius 2 is 1.83 bits per heavy atom. The van der Waals surface area contributed by atoms with Gasteiger partial charge >= 0.3 is 6.09 Å². The van der Waals surface area contributed by atoms with Crippen LogP contribution in [-0.4, -0.2) is 49.6 Å². The Balaban J connectivity index is 1.17. The minimum atomic E-state index is -0.318. The van der Waals surface area contributed by atoms with E-state index >= 15 is 0 Å². The number of Topliss-reactive ketones (excluding diaryl/α,β-unsaturated/α-hetero) is 1. The van der Waals surface area contributed by atoms with Crippen LogP contribution < -0.4 is 5.32 Å². The summed E-state index contributed by atoms with van der Waals surface area (Å²) in [5, 5.41) is 16.8. The Kier molecular flexibility index (Phi) is 8.87. The summed E-state index contributed by atoms with van der Waals surface area (Å²) in [5.74, 6) is 0.0678. The highest BCUT2D eigenvalue weighted by molar-refractivity contribution is 5.96. The fourth-order valence-corrected chi connectivity index (χ4v) is 4.91. The number of amides is 1. The van der Waals surface area contributed by atoms with Crippen molar-refractivity contribution in [2.24, 2.45) is 5.92 Å². The molecule has 3 heterocycles. The number of ketones is 1. The average molecular weight is 564 g/mol. The van der Waals surface area contributed by atoms with Crippen molar-refractivity contribution in [2.75, 3.05) is 18.4 Å². The van der Waals surface area contributed by atoms with Gasteiger partial charge in [0.15, 0.2) is 5.78 Å². The second kappa shape index (κ2) is 13.1. The van der Waals surface area contributed by atoms with E-state index in [2.05, 4.69) is 21.5 Å². The number of nitrogens with zero attached hydrogens (tertiary/aromatic N) is 6. The molecule has 1 N–H and O–H groups in total. The number of rotatable bonds is 9. The first-order chi connectivity index (χ1) is 20.4. The zero-order valence-corrected chi connectivity index (χ0v) is 23.7. The summed E-state index contributed by atoms with van der Waals surface area (Å²) < 4.78 is 7.40. The number of ether oxygens (including phenoxy) is 1. The Morgan fingerprint density at radius 1 is 1.10 bits per heavy atom. The molecule has 0 aliphatic carbocycles. The second-order valence-corrected chi connectivity index (χ2v) is 10.6. The van der Waals surface area contributed by atoms with Crippen molar-refractivity contribution < 1.29 is 14.3 Å². The third-order valence-electron chi connectivity index (χ3n) is 7.32. The van der Waals surface area contributed by atoms with Crippen LogP contribution in [-0.2, 0) is 11.3 Å². The van der Waals surface area contributed by atoms with Gasteiger partial charge in [-0.2, -0.15) is 10.4 Å². The zero-order chi connectivity index (χ0) is 29.5. The van der Waals surface area contributed by atoms with Gasteiger partial charge in [-0.1, -0.05) is 54.6 Å². The maximum atomic E-state index is 12.5. The van der Waals surface area contributed by atoms with E-state index < -0.39 is 0 Å². The van der Waals surface area contributed by atoms with E-state index in [4.69, 9.17) is 15.0 Å². The number of hydrogen-bond donors (Lipinski definition) is 1. The van der Waals surface area contributed by atoms with Crippen LogP contribution in [0.1, 0.15) is 53.7 Å². The van der Waals surface area contributed by atoms with Crippen molar-refractivity contribution in [3.63, 3.8) is 0 Å². The summed E-state index contributed by atoms with van der Waals surface area (Å²) in [7, 11) is 0. The lowest BCUT2D eigenvalue weighted by Gasteiger charge is -2.31. The molecule has 10 heteroatoms. The Labute approximate surface area is 245 Å². The molecule has 2 aromatic heterocycles. The highest BCUT2D eigenvalue weighted by Gasteiger charge is 2.25. The normalized spacial score (nSPS) is 14.2. The van der Waals surface area contributed by atoms with Crippen molar-refractivity contribution in [1.29, 1.82) is 5.26 Å². The van der Waals surface area contributed by atoms with Crippen LogP contribution in [0.2, 0.25) is 0 Å². The van der Waals surface area contributed by atoms with Gasteiger partial charge in [-0.25, -0.2) is 14.8 Å². The first-order valence-electron chi connectivity index (χ1n) is 14.0. The number of likely N-dealkylation sites (tertiary alicyclic amines) is 1. The Bertz CT molecular complexity index is 1570. The van der Waals surface area contributed by atoms with E-state index in [1.807, 2.05) is 60.3 Å². The number of benzene rings is 2. The third-order valence-corrected chi connectivity index (χ3v) is 7.32. The Hall–Kier alpha value is -5.04. The van der Waals surface area contributed by atoms with Gasteiger partial charge in [-0.3, -0.25) is 9.48 Å². The number of carbonyl (C=O) groups is 2. The van der Waals surface area contributed by atoms with Gasteiger partial charge in [-0.15, -0.1) is 0 Å². The molecule has 0 bridgehead atoms. The number of carbonyl (C=O) groups excluding carboxylic acids is 2. The highest BCUT2D eigenvalue weighted by Crippen LogP contribution is 2.26. The van der Waals surface area contributed by atoms with E-state index in [-0.39, 0.29) is 36.9 Å². The summed E-state index contributed by atoms with van der Waals surface area (Å²) in [5.41, 5.74) is 4.84.